The second-order valence-corrected chi connectivity index (χ2v) is 4.63. The van der Waals surface area contributed by atoms with Gasteiger partial charge in [0.05, 0.1) is 12.3 Å². The van der Waals surface area contributed by atoms with Gasteiger partial charge in [0, 0.05) is 31.5 Å². The Labute approximate surface area is 108 Å². The van der Waals surface area contributed by atoms with Gasteiger partial charge in [0.2, 0.25) is 0 Å². The summed E-state index contributed by atoms with van der Waals surface area (Å²) in [6.07, 6.45) is 2.34. The number of hydrogen-bond acceptors (Lipinski definition) is 4. The standard InChI is InChI=1S/C14H22N2O2/c1-2-18-14-9-12(3-4-13(14)15)16-7-5-11-6-8-17-10-11/h3-4,9,11,16H,2,5-8,10,15H2,1H3. The molecule has 1 unspecified atom stereocenters. The first kappa shape index (κ1) is 13.0. The van der Waals surface area contributed by atoms with Gasteiger partial charge in [0.15, 0.2) is 0 Å². The van der Waals surface area contributed by atoms with Crippen LogP contribution in [-0.2, 0) is 4.74 Å². The Kier molecular flexibility index (Phi) is 4.70. The molecule has 1 fully saturated rings. The Morgan fingerprint density at radius 1 is 1.50 bits per heavy atom. The van der Waals surface area contributed by atoms with E-state index >= 15 is 0 Å². The van der Waals surface area contributed by atoms with Crippen molar-refractivity contribution in [2.75, 3.05) is 37.4 Å². The van der Waals surface area contributed by atoms with E-state index in [0.717, 1.165) is 37.6 Å². The van der Waals surface area contributed by atoms with E-state index in [-0.39, 0.29) is 0 Å². The molecule has 0 amide bonds. The second kappa shape index (κ2) is 6.50. The van der Waals surface area contributed by atoms with Crippen molar-refractivity contribution in [1.29, 1.82) is 0 Å². The van der Waals surface area contributed by atoms with Gasteiger partial charge in [0.25, 0.3) is 0 Å². The van der Waals surface area contributed by atoms with Gasteiger partial charge < -0.3 is 20.5 Å². The number of benzene rings is 1. The highest BCUT2D eigenvalue weighted by atomic mass is 16.5. The largest absolute Gasteiger partial charge is 0.492 e. The molecule has 2 rings (SSSR count). The summed E-state index contributed by atoms with van der Waals surface area (Å²) in [7, 11) is 0. The highest BCUT2D eigenvalue weighted by molar-refractivity contribution is 5.61. The molecule has 1 heterocycles. The minimum atomic E-state index is 0.632. The number of hydrogen-bond donors (Lipinski definition) is 2. The lowest BCUT2D eigenvalue weighted by Crippen LogP contribution is -2.09. The molecule has 1 aromatic carbocycles. The van der Waals surface area contributed by atoms with Crippen LogP contribution in [0.2, 0.25) is 0 Å². The number of ether oxygens (including phenoxy) is 2. The second-order valence-electron chi connectivity index (χ2n) is 4.63. The van der Waals surface area contributed by atoms with Gasteiger partial charge in [-0.1, -0.05) is 0 Å². The smallest absolute Gasteiger partial charge is 0.144 e. The molecule has 0 aliphatic carbocycles. The van der Waals surface area contributed by atoms with Crippen LogP contribution in [0.3, 0.4) is 0 Å². The maximum Gasteiger partial charge on any atom is 0.144 e. The number of anilines is 2. The summed E-state index contributed by atoms with van der Waals surface area (Å²) in [4.78, 5) is 0. The highest BCUT2D eigenvalue weighted by Crippen LogP contribution is 2.25. The zero-order valence-corrected chi connectivity index (χ0v) is 10.9. The molecule has 4 nitrogen and oxygen atoms in total. The van der Waals surface area contributed by atoms with Crippen molar-refractivity contribution >= 4 is 11.4 Å². The lowest BCUT2D eigenvalue weighted by Gasteiger charge is -2.12. The third-order valence-corrected chi connectivity index (χ3v) is 3.22. The Morgan fingerprint density at radius 3 is 3.11 bits per heavy atom. The van der Waals surface area contributed by atoms with E-state index in [0.29, 0.717) is 18.2 Å². The fourth-order valence-electron chi connectivity index (χ4n) is 2.16. The Morgan fingerprint density at radius 2 is 2.39 bits per heavy atom. The molecule has 1 atom stereocenters. The molecule has 0 aromatic heterocycles. The van der Waals surface area contributed by atoms with Gasteiger partial charge in [-0.15, -0.1) is 0 Å². The van der Waals surface area contributed by atoms with Crippen LogP contribution in [0.15, 0.2) is 18.2 Å². The molecule has 18 heavy (non-hydrogen) atoms. The summed E-state index contributed by atoms with van der Waals surface area (Å²) in [5, 5.41) is 3.41. The molecule has 1 saturated heterocycles. The average Bonchev–Trinajstić information content (AvgIpc) is 2.87. The van der Waals surface area contributed by atoms with Crippen LogP contribution in [0, 0.1) is 5.92 Å². The molecule has 0 spiro atoms. The van der Waals surface area contributed by atoms with Gasteiger partial charge in [-0.05, 0) is 37.8 Å². The minimum Gasteiger partial charge on any atom is -0.492 e. The maximum absolute atomic E-state index is 5.83. The summed E-state index contributed by atoms with van der Waals surface area (Å²) < 4.78 is 10.8. The van der Waals surface area contributed by atoms with Crippen molar-refractivity contribution in [3.8, 4) is 5.75 Å². The number of nitrogens with two attached hydrogens (primary N) is 1. The molecular weight excluding hydrogens is 228 g/mol. The predicted molar refractivity (Wildman–Crippen MR) is 74.1 cm³/mol. The molecule has 4 heteroatoms. The number of nitrogen functional groups attached to an aromatic ring is 1. The van der Waals surface area contributed by atoms with Crippen LogP contribution in [0.25, 0.3) is 0 Å². The summed E-state index contributed by atoms with van der Waals surface area (Å²) >= 11 is 0. The van der Waals surface area contributed by atoms with Crippen LogP contribution in [0.4, 0.5) is 11.4 Å². The van der Waals surface area contributed by atoms with Crippen LogP contribution < -0.4 is 15.8 Å². The van der Waals surface area contributed by atoms with Crippen molar-refractivity contribution in [3.63, 3.8) is 0 Å². The van der Waals surface area contributed by atoms with Crippen molar-refractivity contribution in [1.82, 2.24) is 0 Å². The molecule has 3 N–H and O–H groups in total. The van der Waals surface area contributed by atoms with Crippen LogP contribution in [0.1, 0.15) is 19.8 Å². The summed E-state index contributed by atoms with van der Waals surface area (Å²) in [5.74, 6) is 1.46. The third-order valence-electron chi connectivity index (χ3n) is 3.22. The SMILES string of the molecule is CCOc1cc(NCCC2CCOC2)ccc1N. The molecule has 0 bridgehead atoms. The fourth-order valence-corrected chi connectivity index (χ4v) is 2.16. The maximum atomic E-state index is 5.83. The Balaban J connectivity index is 1.82. The molecule has 1 aromatic rings. The van der Waals surface area contributed by atoms with Crippen LogP contribution in [0.5, 0.6) is 5.75 Å². The lowest BCUT2D eigenvalue weighted by atomic mass is 10.1. The molecule has 100 valence electrons. The normalized spacial score (nSPS) is 18.8. The zero-order chi connectivity index (χ0) is 12.8. The highest BCUT2D eigenvalue weighted by Gasteiger charge is 2.14. The number of nitrogens with one attached hydrogen (secondary N) is 1. The molecule has 1 aliphatic rings. The van der Waals surface area contributed by atoms with E-state index in [1.807, 2.05) is 25.1 Å². The first-order valence-corrected chi connectivity index (χ1v) is 6.63. The van der Waals surface area contributed by atoms with Gasteiger partial charge in [0.1, 0.15) is 5.75 Å². The Bertz CT molecular complexity index is 376. The molecular formula is C14H22N2O2. The van der Waals surface area contributed by atoms with E-state index in [9.17, 15) is 0 Å². The fraction of sp³-hybridized carbons (Fsp3) is 0.571. The predicted octanol–water partition coefficient (Wildman–Crippen LogP) is 2.51. The van der Waals surface area contributed by atoms with Crippen LogP contribution in [-0.4, -0.2) is 26.4 Å². The van der Waals surface area contributed by atoms with E-state index in [1.54, 1.807) is 0 Å². The molecule has 1 aliphatic heterocycles. The topological polar surface area (TPSA) is 56.5 Å². The Hall–Kier alpha value is -1.42. The van der Waals surface area contributed by atoms with Gasteiger partial charge in [-0.25, -0.2) is 0 Å². The van der Waals surface area contributed by atoms with E-state index in [2.05, 4.69) is 5.32 Å². The average molecular weight is 250 g/mol. The van der Waals surface area contributed by atoms with Crippen LogP contribution >= 0.6 is 0 Å². The quantitative estimate of drug-likeness (QED) is 0.762. The third kappa shape index (κ3) is 3.53. The summed E-state index contributed by atoms with van der Waals surface area (Å²) in [6, 6.07) is 5.83. The van der Waals surface area contributed by atoms with Gasteiger partial charge in [-0.3, -0.25) is 0 Å². The van der Waals surface area contributed by atoms with E-state index in [1.165, 1.54) is 6.42 Å². The summed E-state index contributed by atoms with van der Waals surface area (Å²) in [5.41, 5.74) is 7.58. The number of rotatable bonds is 6. The minimum absolute atomic E-state index is 0.632. The van der Waals surface area contributed by atoms with Crippen molar-refractivity contribution in [2.24, 2.45) is 5.92 Å². The molecule has 0 radical (unpaired) electrons. The van der Waals surface area contributed by atoms with E-state index in [4.69, 9.17) is 15.2 Å². The van der Waals surface area contributed by atoms with Gasteiger partial charge >= 0.3 is 0 Å². The zero-order valence-electron chi connectivity index (χ0n) is 10.9. The first-order valence-electron chi connectivity index (χ1n) is 6.63. The summed E-state index contributed by atoms with van der Waals surface area (Å²) in [6.45, 7) is 5.38. The molecule has 0 saturated carbocycles. The first-order chi connectivity index (χ1) is 8.79. The lowest BCUT2D eigenvalue weighted by molar-refractivity contribution is 0.185. The van der Waals surface area contributed by atoms with Crippen molar-refractivity contribution < 1.29 is 9.47 Å². The van der Waals surface area contributed by atoms with Crippen molar-refractivity contribution in [3.05, 3.63) is 18.2 Å². The van der Waals surface area contributed by atoms with E-state index < -0.39 is 0 Å². The van der Waals surface area contributed by atoms with Crippen molar-refractivity contribution in [2.45, 2.75) is 19.8 Å². The monoisotopic (exact) mass is 250 g/mol. The van der Waals surface area contributed by atoms with Gasteiger partial charge in [-0.2, -0.15) is 0 Å².